The van der Waals surface area contributed by atoms with Gasteiger partial charge in [0.15, 0.2) is 0 Å². The number of nitrogens with one attached hydrogen (secondary N) is 2. The molecule has 3 aromatic rings. The molecule has 8 nitrogen and oxygen atoms in total. The van der Waals surface area contributed by atoms with Crippen molar-refractivity contribution in [3.8, 4) is 11.1 Å². The third-order valence-electron chi connectivity index (χ3n) is 9.41. The maximum Gasteiger partial charge on any atom is 0.254 e. The molecular weight excluding hydrogens is 562 g/mol. The lowest BCUT2D eigenvalue weighted by Crippen LogP contribution is -2.35. The lowest BCUT2D eigenvalue weighted by atomic mass is 9.90. The van der Waals surface area contributed by atoms with Crippen LogP contribution >= 0.6 is 0 Å². The molecule has 6 rings (SSSR count). The summed E-state index contributed by atoms with van der Waals surface area (Å²) < 4.78 is 0. The highest BCUT2D eigenvalue weighted by atomic mass is 16.2. The van der Waals surface area contributed by atoms with Crippen molar-refractivity contribution in [3.63, 3.8) is 0 Å². The summed E-state index contributed by atoms with van der Waals surface area (Å²) in [5, 5.41) is 5.65. The Morgan fingerprint density at radius 1 is 1.11 bits per heavy atom. The average molecular weight is 604 g/mol. The summed E-state index contributed by atoms with van der Waals surface area (Å²) in [7, 11) is 0. The molecule has 3 aliphatic rings. The van der Waals surface area contributed by atoms with Gasteiger partial charge in [0.25, 0.3) is 5.91 Å². The molecular formula is C37H41N5O3. The van der Waals surface area contributed by atoms with E-state index in [0.717, 1.165) is 55.8 Å². The normalized spacial score (nSPS) is 16.6. The van der Waals surface area contributed by atoms with Gasteiger partial charge in [0.1, 0.15) is 5.82 Å². The summed E-state index contributed by atoms with van der Waals surface area (Å²) in [6.07, 6.45) is 12.9. The van der Waals surface area contributed by atoms with Gasteiger partial charge >= 0.3 is 0 Å². The van der Waals surface area contributed by atoms with Crippen LogP contribution in [0.15, 0.2) is 73.1 Å². The fourth-order valence-corrected chi connectivity index (χ4v) is 6.79. The molecule has 2 aromatic carbocycles. The van der Waals surface area contributed by atoms with E-state index >= 15 is 0 Å². The third-order valence-corrected chi connectivity index (χ3v) is 9.41. The molecule has 3 amide bonds. The van der Waals surface area contributed by atoms with E-state index in [1.54, 1.807) is 0 Å². The zero-order valence-electron chi connectivity index (χ0n) is 25.9. The Bertz CT molecular complexity index is 1640. The molecule has 0 radical (unpaired) electrons. The van der Waals surface area contributed by atoms with E-state index in [4.69, 9.17) is 4.98 Å². The second-order valence-electron chi connectivity index (χ2n) is 12.5. The van der Waals surface area contributed by atoms with Gasteiger partial charge in [-0.15, -0.1) is 0 Å². The molecule has 0 saturated carbocycles. The molecule has 2 aliphatic heterocycles. The third kappa shape index (κ3) is 6.85. The predicted molar refractivity (Wildman–Crippen MR) is 179 cm³/mol. The van der Waals surface area contributed by atoms with Crippen LogP contribution in [0.5, 0.6) is 0 Å². The summed E-state index contributed by atoms with van der Waals surface area (Å²) in [5.74, 6) is 1.31. The molecule has 1 fully saturated rings. The van der Waals surface area contributed by atoms with Crippen LogP contribution in [0.3, 0.4) is 0 Å². The monoisotopic (exact) mass is 603 g/mol. The number of nitrogens with zero attached hydrogens (tertiary/aromatic N) is 3. The van der Waals surface area contributed by atoms with Crippen molar-refractivity contribution in [2.24, 2.45) is 5.92 Å². The highest BCUT2D eigenvalue weighted by Crippen LogP contribution is 2.33. The van der Waals surface area contributed by atoms with E-state index in [1.807, 2.05) is 36.2 Å². The van der Waals surface area contributed by atoms with Gasteiger partial charge in [0.05, 0.1) is 0 Å². The van der Waals surface area contributed by atoms with Crippen molar-refractivity contribution < 1.29 is 14.4 Å². The zero-order chi connectivity index (χ0) is 31.3. The molecule has 1 unspecified atom stereocenters. The molecule has 3 heterocycles. The lowest BCUT2D eigenvalue weighted by molar-refractivity contribution is -0.117. The molecule has 1 aromatic heterocycles. The van der Waals surface area contributed by atoms with Crippen LogP contribution in [0, 0.1) is 5.92 Å². The molecule has 2 N–H and O–H groups in total. The number of aryl methyl sites for hydroxylation is 1. The fourth-order valence-electron chi connectivity index (χ4n) is 6.79. The Hall–Kier alpha value is -4.72. The van der Waals surface area contributed by atoms with Crippen LogP contribution in [0.25, 0.3) is 17.2 Å². The van der Waals surface area contributed by atoms with Gasteiger partial charge in [0.2, 0.25) is 12.3 Å². The standard InChI is InChI=1S/C37H41N5O3/c1-25(39-24-43)10-11-26(2)42-23-30-21-31(12-13-34(30)37(42)45)40-36(44)20-27-15-18-41(19-16-27)35-22-29(14-17-38-35)33-9-5-7-28-6-3-4-8-32(28)33/h4-5,7-9,12-14,17,21-22,24,26-27H,1,3,6,10-11,15-16,18-20,23H2,2H3,(H,39,43)(H,40,44). The molecule has 1 atom stereocenters. The van der Waals surface area contributed by atoms with E-state index < -0.39 is 0 Å². The van der Waals surface area contributed by atoms with Gasteiger partial charge in [-0.25, -0.2) is 4.98 Å². The van der Waals surface area contributed by atoms with Crippen molar-refractivity contribution in [1.29, 1.82) is 0 Å². The number of hydrogen-bond donors (Lipinski definition) is 2. The number of fused-ring (bicyclic) bond motifs is 2. The SMILES string of the molecule is C=C(CCC(C)N1Cc2cc(NC(=O)CC3CCN(c4cc(-c5cccc6c5C=CCC6)ccn4)CC3)ccc2C1=O)NC=O. The minimum Gasteiger partial charge on any atom is -0.357 e. The summed E-state index contributed by atoms with van der Waals surface area (Å²) in [6.45, 7) is 8.08. The van der Waals surface area contributed by atoms with Crippen LogP contribution in [0.4, 0.5) is 11.5 Å². The second-order valence-corrected chi connectivity index (χ2v) is 12.5. The van der Waals surface area contributed by atoms with E-state index in [9.17, 15) is 14.4 Å². The van der Waals surface area contributed by atoms with Gasteiger partial charge < -0.3 is 20.4 Å². The van der Waals surface area contributed by atoms with Gasteiger partial charge in [-0.3, -0.25) is 14.4 Å². The molecule has 1 aliphatic carbocycles. The number of amides is 3. The maximum atomic E-state index is 13.0. The van der Waals surface area contributed by atoms with E-state index in [2.05, 4.69) is 64.6 Å². The van der Waals surface area contributed by atoms with Crippen LogP contribution < -0.4 is 15.5 Å². The summed E-state index contributed by atoms with van der Waals surface area (Å²) in [4.78, 5) is 45.5. The van der Waals surface area contributed by atoms with Crippen molar-refractivity contribution in [2.45, 2.75) is 64.5 Å². The number of carbonyl (C=O) groups is 3. The molecule has 232 valence electrons. The van der Waals surface area contributed by atoms with E-state index in [-0.39, 0.29) is 17.9 Å². The first-order chi connectivity index (χ1) is 21.9. The van der Waals surface area contributed by atoms with Crippen LogP contribution in [-0.2, 0) is 22.6 Å². The summed E-state index contributed by atoms with van der Waals surface area (Å²) in [5.41, 5.74) is 8.13. The Morgan fingerprint density at radius 3 is 2.78 bits per heavy atom. The fraction of sp³-hybridized carbons (Fsp3) is 0.351. The Balaban J connectivity index is 1.01. The lowest BCUT2D eigenvalue weighted by Gasteiger charge is -2.32. The minimum absolute atomic E-state index is 0.00233. The number of rotatable bonds is 11. The molecule has 0 bridgehead atoms. The number of benzene rings is 2. The highest BCUT2D eigenvalue weighted by molar-refractivity contribution is 6.00. The number of anilines is 2. The number of allylic oxidation sites excluding steroid dienone is 2. The topological polar surface area (TPSA) is 94.6 Å². The Kier molecular flexibility index (Phi) is 9.10. The number of piperidine rings is 1. The summed E-state index contributed by atoms with van der Waals surface area (Å²) >= 11 is 0. The first-order valence-corrected chi connectivity index (χ1v) is 16.0. The van der Waals surface area contributed by atoms with Crippen LogP contribution in [-0.4, -0.2) is 47.2 Å². The molecule has 1 saturated heterocycles. The van der Waals surface area contributed by atoms with Crippen molar-refractivity contribution in [3.05, 3.63) is 95.3 Å². The molecule has 45 heavy (non-hydrogen) atoms. The largest absolute Gasteiger partial charge is 0.357 e. The highest BCUT2D eigenvalue weighted by Gasteiger charge is 2.31. The van der Waals surface area contributed by atoms with E-state index in [0.29, 0.717) is 49.4 Å². The Morgan fingerprint density at radius 2 is 1.96 bits per heavy atom. The zero-order valence-corrected chi connectivity index (χ0v) is 25.9. The quantitative estimate of drug-likeness (QED) is 0.250. The average Bonchev–Trinajstić information content (AvgIpc) is 3.39. The number of pyridine rings is 1. The number of aromatic nitrogens is 1. The summed E-state index contributed by atoms with van der Waals surface area (Å²) in [6, 6.07) is 16.4. The van der Waals surface area contributed by atoms with Gasteiger partial charge in [-0.2, -0.15) is 0 Å². The smallest absolute Gasteiger partial charge is 0.254 e. The molecule has 0 spiro atoms. The van der Waals surface area contributed by atoms with Crippen molar-refractivity contribution in [1.82, 2.24) is 15.2 Å². The predicted octanol–water partition coefficient (Wildman–Crippen LogP) is 6.34. The number of hydrogen-bond acceptors (Lipinski definition) is 5. The van der Waals surface area contributed by atoms with Gasteiger partial charge in [0, 0.05) is 55.2 Å². The minimum atomic E-state index is -0.00362. The van der Waals surface area contributed by atoms with Crippen LogP contribution in [0.2, 0.25) is 0 Å². The molecule has 8 heteroatoms. The Labute approximate surface area is 265 Å². The maximum absolute atomic E-state index is 13.0. The second kappa shape index (κ2) is 13.5. The van der Waals surface area contributed by atoms with Crippen molar-refractivity contribution >= 4 is 35.8 Å². The van der Waals surface area contributed by atoms with E-state index in [1.165, 1.54) is 22.3 Å². The van der Waals surface area contributed by atoms with Crippen LogP contribution in [0.1, 0.15) is 72.5 Å². The number of carbonyl (C=O) groups excluding carboxylic acids is 3. The first-order valence-electron chi connectivity index (χ1n) is 16.0. The van der Waals surface area contributed by atoms with Gasteiger partial charge in [-0.05, 0) is 110 Å². The van der Waals surface area contributed by atoms with Crippen molar-refractivity contribution in [2.75, 3.05) is 23.3 Å². The first kappa shape index (κ1) is 30.3. The van der Waals surface area contributed by atoms with Gasteiger partial charge in [-0.1, -0.05) is 36.9 Å².